The van der Waals surface area contributed by atoms with Crippen LogP contribution in [-0.4, -0.2) is 101 Å². The average Bonchev–Trinajstić information content (AvgIpc) is 3.53. The zero-order valence-corrected chi connectivity index (χ0v) is 28.2. The molecular weight excluding hydrogens is 621 g/mol. The number of ether oxygens (including phenoxy) is 2. The lowest BCUT2D eigenvalue weighted by atomic mass is 10.0. The fraction of sp³-hybridized carbons (Fsp3) is 0.486. The lowest BCUT2D eigenvalue weighted by Crippen LogP contribution is -2.57. The zero-order valence-electron chi connectivity index (χ0n) is 27.5. The Balaban J connectivity index is 1.28. The molecule has 0 radical (unpaired) electrons. The maximum absolute atomic E-state index is 16.8. The van der Waals surface area contributed by atoms with Crippen molar-refractivity contribution < 1.29 is 18.7 Å². The molecule has 12 heteroatoms. The Morgan fingerprint density at radius 3 is 2.49 bits per heavy atom. The van der Waals surface area contributed by atoms with Gasteiger partial charge in [-0.05, 0) is 65.6 Å². The summed E-state index contributed by atoms with van der Waals surface area (Å²) in [5, 5.41) is 5.97. The number of hydrogen-bond donors (Lipinski definition) is 1. The molecule has 248 valence electrons. The number of carbonyl (C=O) groups is 1. The summed E-state index contributed by atoms with van der Waals surface area (Å²) in [6.07, 6.45) is 3.98. The van der Waals surface area contributed by atoms with Crippen molar-refractivity contribution in [2.24, 2.45) is 0 Å². The van der Waals surface area contributed by atoms with Crippen molar-refractivity contribution in [3.05, 3.63) is 53.4 Å². The Labute approximate surface area is 279 Å². The Morgan fingerprint density at radius 2 is 1.81 bits per heavy atom. The van der Waals surface area contributed by atoms with Crippen LogP contribution in [0.4, 0.5) is 15.0 Å². The van der Waals surface area contributed by atoms with Crippen LogP contribution in [0.1, 0.15) is 40.0 Å². The number of hydrogen-bond acceptors (Lipinski definition) is 9. The van der Waals surface area contributed by atoms with Gasteiger partial charge in [-0.1, -0.05) is 41.9 Å². The highest BCUT2D eigenvalue weighted by molar-refractivity contribution is 6.36. The molecule has 1 N–H and O–H groups in total. The summed E-state index contributed by atoms with van der Waals surface area (Å²) in [7, 11) is 4.04. The van der Waals surface area contributed by atoms with Crippen LogP contribution in [-0.2, 0) is 4.74 Å². The first-order chi connectivity index (χ1) is 22.5. The maximum atomic E-state index is 16.8. The van der Waals surface area contributed by atoms with Gasteiger partial charge in [-0.2, -0.15) is 9.97 Å². The normalized spacial score (nSPS) is 23.2. The van der Waals surface area contributed by atoms with Gasteiger partial charge >= 0.3 is 12.1 Å². The molecule has 3 saturated heterocycles. The number of nitrogens with zero attached hydrogens (tertiary/aromatic N) is 6. The van der Waals surface area contributed by atoms with Crippen molar-refractivity contribution >= 4 is 45.2 Å². The molecule has 7 rings (SSSR count). The van der Waals surface area contributed by atoms with E-state index < -0.39 is 11.4 Å². The van der Waals surface area contributed by atoms with Gasteiger partial charge in [-0.15, -0.1) is 0 Å². The van der Waals surface area contributed by atoms with E-state index in [0.29, 0.717) is 47.5 Å². The fourth-order valence-electron chi connectivity index (χ4n) is 7.35. The highest BCUT2D eigenvalue weighted by Gasteiger charge is 2.45. The first kappa shape index (κ1) is 31.8. The number of carbonyl (C=O) groups excluding carboxylic acids is 1. The maximum Gasteiger partial charge on any atom is 0.410 e. The smallest absolute Gasteiger partial charge is 0.410 e. The third-order valence-corrected chi connectivity index (χ3v) is 9.95. The number of nitrogens with one attached hydrogen (secondary N) is 1. The molecule has 10 nitrogen and oxygen atoms in total. The number of amides is 1. The average molecular weight is 662 g/mol. The highest BCUT2D eigenvalue weighted by atomic mass is 35.5. The molecule has 3 aliphatic heterocycles. The van der Waals surface area contributed by atoms with Gasteiger partial charge in [0, 0.05) is 53.9 Å². The third-order valence-electron chi connectivity index (χ3n) is 9.64. The fourth-order valence-corrected chi connectivity index (χ4v) is 7.63. The van der Waals surface area contributed by atoms with Crippen LogP contribution in [0.15, 0.2) is 42.6 Å². The Morgan fingerprint density at radius 1 is 1.09 bits per heavy atom. The summed E-state index contributed by atoms with van der Waals surface area (Å²) < 4.78 is 28.8. The van der Waals surface area contributed by atoms with Crippen molar-refractivity contribution in [3.8, 4) is 17.3 Å². The van der Waals surface area contributed by atoms with Crippen molar-refractivity contribution in [2.45, 2.75) is 69.8 Å². The van der Waals surface area contributed by atoms with Gasteiger partial charge < -0.3 is 19.7 Å². The summed E-state index contributed by atoms with van der Waals surface area (Å²) in [5.41, 5.74) is 0.297. The minimum Gasteiger partial charge on any atom is -0.462 e. The van der Waals surface area contributed by atoms with E-state index in [1.54, 1.807) is 12.3 Å². The van der Waals surface area contributed by atoms with Crippen molar-refractivity contribution in [3.63, 3.8) is 0 Å². The molecule has 47 heavy (non-hydrogen) atoms. The van der Waals surface area contributed by atoms with Crippen LogP contribution in [0.2, 0.25) is 5.02 Å². The van der Waals surface area contributed by atoms with E-state index in [1.807, 2.05) is 63.1 Å². The molecule has 0 aliphatic carbocycles. The van der Waals surface area contributed by atoms with Gasteiger partial charge in [0.2, 0.25) is 0 Å². The van der Waals surface area contributed by atoms with Crippen molar-refractivity contribution in [2.75, 3.05) is 45.2 Å². The number of likely N-dealkylation sites (N-methyl/N-ethyl adjacent to an activating group) is 2. The number of rotatable bonds is 6. The standard InChI is InChI=1S/C35H41ClFN7O3/c1-35(2,3)47-34(45)44-22-12-13-23(44)18-43(17-22)32-26-15-39-30(25-10-6-8-20-9-7-11-27(36)28(20)25)29(37)31(26)40-33(41-32)46-19-24-14-21(38-4)16-42(24)5/h6-11,15,21-24,38H,12-14,16-19H2,1-5H3/t21-,22?,23?,24+/m1/s1. The van der Waals surface area contributed by atoms with Crippen LogP contribution in [0.25, 0.3) is 32.9 Å². The van der Waals surface area contributed by atoms with Crippen LogP contribution >= 0.6 is 11.6 Å². The van der Waals surface area contributed by atoms with Gasteiger partial charge in [0.1, 0.15) is 29.2 Å². The number of benzene rings is 2. The Bertz CT molecular complexity index is 1820. The number of aromatic nitrogens is 3. The largest absolute Gasteiger partial charge is 0.462 e. The molecule has 5 heterocycles. The number of anilines is 1. The predicted molar refractivity (Wildman–Crippen MR) is 182 cm³/mol. The molecule has 3 fully saturated rings. The van der Waals surface area contributed by atoms with Gasteiger partial charge in [-0.25, -0.2) is 9.18 Å². The molecule has 2 unspecified atom stereocenters. The molecule has 4 atom stereocenters. The summed E-state index contributed by atoms with van der Waals surface area (Å²) in [6.45, 7) is 7.97. The molecule has 2 aromatic heterocycles. The van der Waals surface area contributed by atoms with Gasteiger partial charge in [0.25, 0.3) is 0 Å². The van der Waals surface area contributed by atoms with E-state index in [4.69, 9.17) is 26.1 Å². The second-order valence-corrected chi connectivity index (χ2v) is 14.4. The second-order valence-electron chi connectivity index (χ2n) is 14.0. The van der Waals surface area contributed by atoms with Crippen LogP contribution in [0, 0.1) is 5.82 Å². The van der Waals surface area contributed by atoms with E-state index >= 15 is 4.39 Å². The Kier molecular flexibility index (Phi) is 8.34. The van der Waals surface area contributed by atoms with E-state index in [2.05, 4.69) is 32.1 Å². The van der Waals surface area contributed by atoms with Gasteiger partial charge in [0.05, 0.1) is 17.5 Å². The number of likely N-dealkylation sites (tertiary alicyclic amines) is 1. The molecule has 3 aliphatic rings. The van der Waals surface area contributed by atoms with Crippen LogP contribution in [0.3, 0.4) is 0 Å². The van der Waals surface area contributed by atoms with Crippen LogP contribution < -0.4 is 15.0 Å². The molecule has 1 amide bonds. The molecular formula is C35H41ClFN7O3. The topological polar surface area (TPSA) is 96.0 Å². The molecule has 0 saturated carbocycles. The first-order valence-corrected chi connectivity index (χ1v) is 16.7. The van der Waals surface area contributed by atoms with Crippen molar-refractivity contribution in [1.82, 2.24) is 30.1 Å². The van der Waals surface area contributed by atoms with Gasteiger partial charge in [0.15, 0.2) is 5.82 Å². The van der Waals surface area contributed by atoms with Gasteiger partial charge in [-0.3, -0.25) is 14.8 Å². The predicted octanol–water partition coefficient (Wildman–Crippen LogP) is 5.90. The molecule has 0 spiro atoms. The molecule has 4 aromatic rings. The molecule has 2 aromatic carbocycles. The van der Waals surface area contributed by atoms with Crippen molar-refractivity contribution in [1.29, 1.82) is 0 Å². The SMILES string of the molecule is CN[C@@H]1C[C@@H](COc2nc(N3CC4CCC(C3)N4C(=O)OC(C)(C)C)c3cnc(-c4cccc5cccc(Cl)c45)c(F)c3n2)N(C)C1. The number of piperazine rings is 1. The number of halogens is 2. The number of fused-ring (bicyclic) bond motifs is 4. The monoisotopic (exact) mass is 661 g/mol. The third kappa shape index (κ3) is 6.05. The Hall–Kier alpha value is -3.80. The summed E-state index contributed by atoms with van der Waals surface area (Å²) >= 11 is 6.63. The quantitative estimate of drug-likeness (QED) is 0.271. The highest BCUT2D eigenvalue weighted by Crippen LogP contribution is 2.39. The van der Waals surface area contributed by atoms with E-state index in [-0.39, 0.29) is 41.4 Å². The van der Waals surface area contributed by atoms with E-state index in [1.165, 1.54) is 0 Å². The minimum absolute atomic E-state index is 0.0569. The summed E-state index contributed by atoms with van der Waals surface area (Å²) in [5.74, 6) is -0.0143. The lowest BCUT2D eigenvalue weighted by Gasteiger charge is -2.42. The van der Waals surface area contributed by atoms with E-state index in [9.17, 15) is 4.79 Å². The minimum atomic E-state index is -0.585. The van der Waals surface area contributed by atoms with Crippen LogP contribution in [0.5, 0.6) is 6.01 Å². The first-order valence-electron chi connectivity index (χ1n) is 16.3. The number of pyridine rings is 1. The zero-order chi connectivity index (χ0) is 33.0. The second kappa shape index (κ2) is 12.3. The summed E-state index contributed by atoms with van der Waals surface area (Å²) in [4.78, 5) is 33.6. The van der Waals surface area contributed by atoms with E-state index in [0.717, 1.165) is 36.6 Å². The summed E-state index contributed by atoms with van der Waals surface area (Å²) in [6, 6.07) is 11.8. The lowest BCUT2D eigenvalue weighted by molar-refractivity contribution is 0.0122. The molecule has 2 bridgehead atoms.